The number of aliphatic hydroxyl groups is 1. The number of fused-ring (bicyclic) bond motifs is 1. The van der Waals surface area contributed by atoms with Crippen LogP contribution < -0.4 is 10.1 Å². The van der Waals surface area contributed by atoms with E-state index in [0.717, 1.165) is 0 Å². The van der Waals surface area contributed by atoms with Crippen LogP contribution in [0.15, 0.2) is 54.7 Å². The van der Waals surface area contributed by atoms with Crippen molar-refractivity contribution in [3.05, 3.63) is 66.0 Å². The molecule has 8 nitrogen and oxygen atoms in total. The van der Waals surface area contributed by atoms with Crippen molar-refractivity contribution in [2.75, 3.05) is 5.32 Å². The molecule has 0 bridgehead atoms. The van der Waals surface area contributed by atoms with E-state index in [0.29, 0.717) is 27.9 Å². The summed E-state index contributed by atoms with van der Waals surface area (Å²) in [6, 6.07) is 13.1. The topological polar surface area (TPSA) is 102 Å². The minimum absolute atomic E-state index is 0.226. The standard InChI is InChI=1S/C21H17F2N5O3/c1-28-17(11-29)15(10-24-28)13-7-8-16-14(9-13)18(31-21(22)23)19(27-26-16)25-20(30)12-5-3-2-4-6-12/h2-10,21,29H,11H2,1H3,(H,25,27,30). The second kappa shape index (κ2) is 8.44. The minimum atomic E-state index is -3.14. The molecular weight excluding hydrogens is 408 g/mol. The van der Waals surface area contributed by atoms with Gasteiger partial charge in [0, 0.05) is 23.6 Å². The van der Waals surface area contributed by atoms with E-state index in [9.17, 15) is 18.7 Å². The van der Waals surface area contributed by atoms with Crippen LogP contribution in [0.4, 0.5) is 14.6 Å². The highest BCUT2D eigenvalue weighted by atomic mass is 19.3. The Balaban J connectivity index is 1.82. The number of amides is 1. The lowest BCUT2D eigenvalue weighted by atomic mass is 10.0. The van der Waals surface area contributed by atoms with Gasteiger partial charge in [0.25, 0.3) is 5.91 Å². The molecule has 31 heavy (non-hydrogen) atoms. The molecule has 2 aromatic carbocycles. The number of aliphatic hydroxyl groups excluding tert-OH is 1. The second-order valence-corrected chi connectivity index (χ2v) is 6.59. The quantitative estimate of drug-likeness (QED) is 0.491. The number of nitrogens with one attached hydrogen (secondary N) is 1. The SMILES string of the molecule is Cn1ncc(-c2ccc3nnc(NC(=O)c4ccccc4)c(OC(F)F)c3c2)c1CO. The van der Waals surface area contributed by atoms with Crippen LogP contribution in [-0.4, -0.2) is 37.6 Å². The van der Waals surface area contributed by atoms with E-state index in [2.05, 4.69) is 20.6 Å². The lowest BCUT2D eigenvalue weighted by molar-refractivity contribution is -0.0485. The first-order chi connectivity index (χ1) is 15.0. The Kier molecular flexibility index (Phi) is 5.54. The predicted molar refractivity (Wildman–Crippen MR) is 109 cm³/mol. The van der Waals surface area contributed by atoms with Gasteiger partial charge in [0.2, 0.25) is 0 Å². The first-order valence-electron chi connectivity index (χ1n) is 9.21. The van der Waals surface area contributed by atoms with Gasteiger partial charge in [0.15, 0.2) is 11.6 Å². The van der Waals surface area contributed by atoms with Crippen LogP contribution in [0.3, 0.4) is 0 Å². The Bertz CT molecular complexity index is 1240. The largest absolute Gasteiger partial charge is 0.430 e. The van der Waals surface area contributed by atoms with Crippen LogP contribution in [0.25, 0.3) is 22.0 Å². The van der Waals surface area contributed by atoms with E-state index >= 15 is 0 Å². The number of benzene rings is 2. The number of nitrogens with zero attached hydrogens (tertiary/aromatic N) is 4. The molecule has 158 valence electrons. The van der Waals surface area contributed by atoms with E-state index in [1.54, 1.807) is 61.8 Å². The Morgan fingerprint density at radius 3 is 2.68 bits per heavy atom. The average molecular weight is 425 g/mol. The molecule has 0 aliphatic heterocycles. The van der Waals surface area contributed by atoms with Crippen molar-refractivity contribution in [3.63, 3.8) is 0 Å². The van der Waals surface area contributed by atoms with Gasteiger partial charge in [-0.25, -0.2) is 0 Å². The molecule has 2 heterocycles. The van der Waals surface area contributed by atoms with Gasteiger partial charge in [-0.3, -0.25) is 9.48 Å². The molecule has 4 aromatic rings. The highest BCUT2D eigenvalue weighted by molar-refractivity contribution is 6.06. The number of aromatic nitrogens is 4. The molecule has 0 radical (unpaired) electrons. The monoisotopic (exact) mass is 425 g/mol. The maximum atomic E-state index is 13.2. The van der Waals surface area contributed by atoms with E-state index in [4.69, 9.17) is 4.74 Å². The lowest BCUT2D eigenvalue weighted by Crippen LogP contribution is -2.16. The molecule has 0 saturated heterocycles. The number of ether oxygens (including phenoxy) is 1. The van der Waals surface area contributed by atoms with Crippen LogP contribution >= 0.6 is 0 Å². The van der Waals surface area contributed by atoms with E-state index < -0.39 is 12.5 Å². The summed E-state index contributed by atoms with van der Waals surface area (Å²) in [7, 11) is 1.68. The van der Waals surface area contributed by atoms with Gasteiger partial charge < -0.3 is 15.2 Å². The summed E-state index contributed by atoms with van der Waals surface area (Å²) in [5, 5.41) is 24.4. The zero-order chi connectivity index (χ0) is 22.0. The van der Waals surface area contributed by atoms with Crippen LogP contribution in [0.5, 0.6) is 5.75 Å². The smallest absolute Gasteiger partial charge is 0.387 e. The number of halogens is 2. The molecule has 2 N–H and O–H groups in total. The van der Waals surface area contributed by atoms with Gasteiger partial charge in [-0.15, -0.1) is 10.2 Å². The van der Waals surface area contributed by atoms with Crippen LogP contribution in [0, 0.1) is 0 Å². The maximum absolute atomic E-state index is 13.2. The summed E-state index contributed by atoms with van der Waals surface area (Å²) >= 11 is 0. The van der Waals surface area contributed by atoms with E-state index in [-0.39, 0.29) is 23.6 Å². The minimum Gasteiger partial charge on any atom is -0.430 e. The molecule has 4 rings (SSSR count). The number of hydrogen-bond donors (Lipinski definition) is 2. The Hall–Kier alpha value is -3.92. The van der Waals surface area contributed by atoms with E-state index in [1.165, 1.54) is 4.68 Å². The first-order valence-corrected chi connectivity index (χ1v) is 9.21. The molecule has 0 spiro atoms. The van der Waals surface area contributed by atoms with Crippen LogP contribution in [-0.2, 0) is 13.7 Å². The van der Waals surface area contributed by atoms with E-state index in [1.807, 2.05) is 0 Å². The zero-order valence-electron chi connectivity index (χ0n) is 16.3. The molecule has 2 aromatic heterocycles. The summed E-state index contributed by atoms with van der Waals surface area (Å²) in [6.45, 7) is -3.40. The van der Waals surface area contributed by atoms with Crippen molar-refractivity contribution in [2.45, 2.75) is 13.2 Å². The highest BCUT2D eigenvalue weighted by Gasteiger charge is 2.20. The lowest BCUT2D eigenvalue weighted by Gasteiger charge is -2.14. The summed E-state index contributed by atoms with van der Waals surface area (Å²) in [4.78, 5) is 12.5. The third-order valence-corrected chi connectivity index (χ3v) is 4.71. The fourth-order valence-corrected chi connectivity index (χ4v) is 3.20. The summed E-state index contributed by atoms with van der Waals surface area (Å²) in [5.41, 5.74) is 2.41. The van der Waals surface area contributed by atoms with Gasteiger partial charge in [0.1, 0.15) is 0 Å². The van der Waals surface area contributed by atoms with Gasteiger partial charge in [-0.1, -0.05) is 24.3 Å². The number of alkyl halides is 2. The summed E-state index contributed by atoms with van der Waals surface area (Å²) in [6.07, 6.45) is 1.56. The van der Waals surface area contributed by atoms with Crippen LogP contribution in [0.2, 0.25) is 0 Å². The zero-order valence-corrected chi connectivity index (χ0v) is 16.3. The number of rotatable bonds is 6. The van der Waals surface area contributed by atoms with Crippen molar-refractivity contribution in [3.8, 4) is 16.9 Å². The number of carbonyl (C=O) groups is 1. The van der Waals surface area contributed by atoms with Crippen molar-refractivity contribution < 1.29 is 23.4 Å². The molecule has 0 atom stereocenters. The Morgan fingerprint density at radius 1 is 1.19 bits per heavy atom. The third-order valence-electron chi connectivity index (χ3n) is 4.71. The first kappa shape index (κ1) is 20.4. The highest BCUT2D eigenvalue weighted by Crippen LogP contribution is 2.35. The molecule has 0 aliphatic carbocycles. The molecule has 0 saturated carbocycles. The molecule has 0 fully saturated rings. The van der Waals surface area contributed by atoms with Crippen molar-refractivity contribution in [2.24, 2.45) is 7.05 Å². The molecule has 1 amide bonds. The average Bonchev–Trinajstić information content (AvgIpc) is 3.15. The maximum Gasteiger partial charge on any atom is 0.387 e. The van der Waals surface area contributed by atoms with Gasteiger partial charge in [-0.2, -0.15) is 13.9 Å². The second-order valence-electron chi connectivity index (χ2n) is 6.59. The molecule has 0 aliphatic rings. The molecular formula is C21H17F2N5O3. The fraction of sp³-hybridized carbons (Fsp3) is 0.143. The van der Waals surface area contributed by atoms with Crippen LogP contribution in [0.1, 0.15) is 16.1 Å². The number of aryl methyl sites for hydroxylation is 1. The van der Waals surface area contributed by atoms with Crippen molar-refractivity contribution in [1.82, 2.24) is 20.0 Å². The number of hydrogen-bond acceptors (Lipinski definition) is 6. The molecule has 10 heteroatoms. The Morgan fingerprint density at radius 2 is 1.97 bits per heavy atom. The van der Waals surface area contributed by atoms with Crippen molar-refractivity contribution in [1.29, 1.82) is 0 Å². The van der Waals surface area contributed by atoms with Gasteiger partial charge in [0.05, 0.1) is 24.0 Å². The summed E-state index contributed by atoms with van der Waals surface area (Å²) < 4.78 is 32.7. The number of anilines is 1. The third kappa shape index (κ3) is 4.05. The normalized spacial score (nSPS) is 11.1. The van der Waals surface area contributed by atoms with Crippen molar-refractivity contribution >= 4 is 22.6 Å². The van der Waals surface area contributed by atoms with Gasteiger partial charge in [-0.05, 0) is 29.8 Å². The molecule has 0 unspecified atom stereocenters. The predicted octanol–water partition coefficient (Wildman–Crippen LogP) is 3.38. The number of carbonyl (C=O) groups excluding carboxylic acids is 1. The Labute approximate surface area is 175 Å². The van der Waals surface area contributed by atoms with Gasteiger partial charge >= 0.3 is 6.61 Å². The fourth-order valence-electron chi connectivity index (χ4n) is 3.20. The summed E-state index contributed by atoms with van der Waals surface area (Å²) in [5.74, 6) is -1.08.